The van der Waals surface area contributed by atoms with Crippen molar-refractivity contribution in [3.63, 3.8) is 0 Å². The summed E-state index contributed by atoms with van der Waals surface area (Å²) in [4.78, 5) is 22.2. The van der Waals surface area contributed by atoms with Crippen molar-refractivity contribution in [2.45, 2.75) is 5.54 Å². The molecule has 1 unspecified atom stereocenters. The molecule has 1 aliphatic heterocycles. The molecule has 1 atom stereocenters. The number of carbonyl (C=O) groups is 1. The molecular weight excluding hydrogens is 340 g/mol. The Hall–Kier alpha value is -1.60. The van der Waals surface area contributed by atoms with Crippen LogP contribution in [0.5, 0.6) is 0 Å². The first-order valence-corrected chi connectivity index (χ1v) is 6.99. The molecule has 0 aromatic heterocycles. The summed E-state index contributed by atoms with van der Waals surface area (Å²) in [5.74, 6) is -0.160. The number of amides is 1. The van der Waals surface area contributed by atoms with Gasteiger partial charge in [-0.05, 0) is 29.8 Å². The third kappa shape index (κ3) is 2.06. The molecule has 7 heteroatoms. The lowest BCUT2D eigenvalue weighted by Crippen LogP contribution is -2.41. The summed E-state index contributed by atoms with van der Waals surface area (Å²) in [5, 5.41) is 1.42. The van der Waals surface area contributed by atoms with E-state index in [4.69, 9.17) is 5.73 Å². The number of thiol groups is 1. The number of hydrogen-bond donors (Lipinski definition) is 2. The number of guanidine groups is 1. The molecule has 1 aromatic carbocycles. The van der Waals surface area contributed by atoms with Crippen LogP contribution in [0.1, 0.15) is 5.56 Å². The highest BCUT2D eigenvalue weighted by molar-refractivity contribution is 9.10. The fraction of sp³-hybridized carbons (Fsp3) is 0.154. The fourth-order valence-electron chi connectivity index (χ4n) is 2.11. The Balaban J connectivity index is 2.76. The van der Waals surface area contributed by atoms with Gasteiger partial charge in [-0.2, -0.15) is 0 Å². The molecule has 0 bridgehead atoms. The first kappa shape index (κ1) is 14.8. The Labute approximate surface area is 130 Å². The molecule has 1 amide bonds. The lowest BCUT2D eigenvalue weighted by Gasteiger charge is -2.25. The average molecular weight is 353 g/mol. The van der Waals surface area contributed by atoms with Gasteiger partial charge in [0.1, 0.15) is 0 Å². The van der Waals surface area contributed by atoms with Crippen LogP contribution in [0.15, 0.2) is 49.8 Å². The molecule has 0 fully saturated rings. The summed E-state index contributed by atoms with van der Waals surface area (Å²) in [7, 11) is 1.57. The van der Waals surface area contributed by atoms with Crippen LogP contribution in [0.25, 0.3) is 0 Å². The summed E-state index contributed by atoms with van der Waals surface area (Å²) in [6, 6.07) is 7.27. The second kappa shape index (κ2) is 5.41. The SMILES string of the molecule is C=N/C(=C\S)C1(c2cccc(Br)c2)N=C(N)N(C)C1=O. The Morgan fingerprint density at radius 3 is 2.80 bits per heavy atom. The Morgan fingerprint density at radius 1 is 1.65 bits per heavy atom. The quantitative estimate of drug-likeness (QED) is 0.644. The van der Waals surface area contributed by atoms with Gasteiger partial charge in [0.15, 0.2) is 5.96 Å². The average Bonchev–Trinajstić information content (AvgIpc) is 2.66. The normalized spacial score (nSPS) is 22.9. The molecule has 1 aromatic rings. The van der Waals surface area contributed by atoms with Gasteiger partial charge >= 0.3 is 0 Å². The Kier molecular flexibility index (Phi) is 4.01. The lowest BCUT2D eigenvalue weighted by atomic mass is 9.87. The number of nitrogens with two attached hydrogens (primary N) is 1. The minimum absolute atomic E-state index is 0.131. The number of aliphatic imine (C=N–C) groups is 2. The molecule has 1 aliphatic rings. The molecule has 104 valence electrons. The monoisotopic (exact) mass is 352 g/mol. The van der Waals surface area contributed by atoms with E-state index in [2.05, 4.69) is 45.3 Å². The van der Waals surface area contributed by atoms with Gasteiger partial charge in [-0.15, -0.1) is 12.6 Å². The highest BCUT2D eigenvalue weighted by atomic mass is 79.9. The molecule has 20 heavy (non-hydrogen) atoms. The standard InChI is InChI=1S/C13H13BrN4OS/c1-16-10(7-20)13(8-4-3-5-9(14)6-8)11(19)18(2)12(15)17-13/h3-7,20H,1H2,2H3,(H2,15,17)/b10-7-. The van der Waals surface area contributed by atoms with Crippen molar-refractivity contribution >= 4 is 47.1 Å². The minimum atomic E-state index is -1.33. The van der Waals surface area contributed by atoms with Gasteiger partial charge < -0.3 is 5.73 Å². The molecule has 0 aliphatic carbocycles. The van der Waals surface area contributed by atoms with E-state index in [1.54, 1.807) is 19.2 Å². The number of carbonyl (C=O) groups excluding carboxylic acids is 1. The van der Waals surface area contributed by atoms with Crippen LogP contribution < -0.4 is 5.73 Å². The summed E-state index contributed by atoms with van der Waals surface area (Å²) < 4.78 is 0.827. The highest BCUT2D eigenvalue weighted by Crippen LogP contribution is 2.40. The summed E-state index contributed by atoms with van der Waals surface area (Å²) in [5.41, 5.74) is 5.45. The first-order chi connectivity index (χ1) is 9.47. The van der Waals surface area contributed by atoms with Gasteiger partial charge in [0.25, 0.3) is 5.91 Å². The lowest BCUT2D eigenvalue weighted by molar-refractivity contribution is -0.129. The van der Waals surface area contributed by atoms with E-state index in [-0.39, 0.29) is 11.9 Å². The summed E-state index contributed by atoms with van der Waals surface area (Å²) >= 11 is 7.50. The zero-order valence-corrected chi connectivity index (χ0v) is 13.2. The van der Waals surface area contributed by atoms with Crippen LogP contribution in [-0.4, -0.2) is 30.5 Å². The van der Waals surface area contributed by atoms with Crippen LogP contribution >= 0.6 is 28.6 Å². The molecule has 0 spiro atoms. The minimum Gasteiger partial charge on any atom is -0.369 e. The van der Waals surface area contributed by atoms with Crippen molar-refractivity contribution in [1.29, 1.82) is 0 Å². The molecule has 5 nitrogen and oxygen atoms in total. The van der Waals surface area contributed by atoms with E-state index in [9.17, 15) is 4.79 Å². The number of likely N-dealkylation sites (N-methyl/N-ethyl adjacent to an activating group) is 1. The second-order valence-electron chi connectivity index (χ2n) is 4.23. The zero-order chi connectivity index (χ0) is 14.9. The van der Waals surface area contributed by atoms with Crippen molar-refractivity contribution in [2.24, 2.45) is 15.7 Å². The molecule has 0 radical (unpaired) electrons. The third-order valence-electron chi connectivity index (χ3n) is 3.15. The maximum absolute atomic E-state index is 12.7. The number of benzene rings is 1. The largest absolute Gasteiger partial charge is 0.369 e. The number of rotatable bonds is 3. The predicted octanol–water partition coefficient (Wildman–Crippen LogP) is 1.90. The van der Waals surface area contributed by atoms with Crippen LogP contribution in [0.2, 0.25) is 0 Å². The topological polar surface area (TPSA) is 71.0 Å². The Bertz CT molecular complexity index is 643. The Morgan fingerprint density at radius 2 is 2.35 bits per heavy atom. The molecule has 1 heterocycles. The van der Waals surface area contributed by atoms with Crippen LogP contribution in [-0.2, 0) is 10.3 Å². The van der Waals surface area contributed by atoms with Gasteiger partial charge in [0.05, 0.1) is 5.70 Å². The molecule has 2 N–H and O–H groups in total. The van der Waals surface area contributed by atoms with Crippen molar-refractivity contribution in [3.8, 4) is 0 Å². The molecule has 0 saturated heterocycles. The van der Waals surface area contributed by atoms with Crippen LogP contribution in [0.4, 0.5) is 0 Å². The zero-order valence-electron chi connectivity index (χ0n) is 10.7. The van der Waals surface area contributed by atoms with E-state index < -0.39 is 5.54 Å². The van der Waals surface area contributed by atoms with Crippen molar-refractivity contribution in [3.05, 3.63) is 45.4 Å². The van der Waals surface area contributed by atoms with Crippen molar-refractivity contribution in [1.82, 2.24) is 4.90 Å². The van der Waals surface area contributed by atoms with Crippen molar-refractivity contribution < 1.29 is 4.79 Å². The molecule has 2 rings (SSSR count). The van der Waals surface area contributed by atoms with Crippen LogP contribution in [0, 0.1) is 0 Å². The van der Waals surface area contributed by atoms with Gasteiger partial charge in [0.2, 0.25) is 5.54 Å². The van der Waals surface area contributed by atoms with E-state index in [1.165, 1.54) is 10.3 Å². The molecular formula is C13H13BrN4OS. The van der Waals surface area contributed by atoms with Gasteiger partial charge in [-0.1, -0.05) is 28.1 Å². The second-order valence-corrected chi connectivity index (χ2v) is 5.40. The molecule has 0 saturated carbocycles. The highest BCUT2D eigenvalue weighted by Gasteiger charge is 2.51. The maximum atomic E-state index is 12.7. The summed E-state index contributed by atoms with van der Waals surface area (Å²) in [6.07, 6.45) is 0. The van der Waals surface area contributed by atoms with Gasteiger partial charge in [-0.25, -0.2) is 4.99 Å². The number of nitrogens with zero attached hydrogens (tertiary/aromatic N) is 3. The summed E-state index contributed by atoms with van der Waals surface area (Å²) in [6.45, 7) is 3.49. The third-order valence-corrected chi connectivity index (χ3v) is 3.88. The van der Waals surface area contributed by atoms with Crippen molar-refractivity contribution in [2.75, 3.05) is 7.05 Å². The van der Waals surface area contributed by atoms with E-state index in [0.717, 1.165) is 4.47 Å². The number of hydrogen-bond acceptors (Lipinski definition) is 5. The fourth-order valence-corrected chi connectivity index (χ4v) is 2.77. The van der Waals surface area contributed by atoms with E-state index in [1.807, 2.05) is 12.1 Å². The predicted molar refractivity (Wildman–Crippen MR) is 86.8 cm³/mol. The van der Waals surface area contributed by atoms with E-state index in [0.29, 0.717) is 11.3 Å². The maximum Gasteiger partial charge on any atom is 0.267 e. The van der Waals surface area contributed by atoms with E-state index >= 15 is 0 Å². The smallest absolute Gasteiger partial charge is 0.267 e. The number of halogens is 1. The van der Waals surface area contributed by atoms with Gasteiger partial charge in [0, 0.05) is 11.5 Å². The first-order valence-electron chi connectivity index (χ1n) is 5.68. The van der Waals surface area contributed by atoms with Crippen LogP contribution in [0.3, 0.4) is 0 Å². The van der Waals surface area contributed by atoms with Gasteiger partial charge in [-0.3, -0.25) is 14.7 Å².